The molecule has 3 aliphatic rings. The number of hydrogen-bond acceptors (Lipinski definition) is 3. The minimum absolute atomic E-state index is 0.0221. The van der Waals surface area contributed by atoms with Gasteiger partial charge in [0, 0.05) is 22.5 Å². The number of carbonyl (C=O) groups is 1. The third-order valence-electron chi connectivity index (χ3n) is 6.43. The first-order valence-corrected chi connectivity index (χ1v) is 12.2. The largest absolute Gasteiger partial charge is 0.366 e. The standard InChI is InChI=1S/C22H22F2N2OSi/c1-3-28(2)20-8-16(25-10-14(23)11-25)4-6-18(20)22(27)19-7-5-17(9-21(19)28)26-12-15(24)13-26/h3-9,14-15H,1,10-13H2,2H3. The summed E-state index contributed by atoms with van der Waals surface area (Å²) in [6, 6.07) is 11.7. The summed E-state index contributed by atoms with van der Waals surface area (Å²) in [5.74, 6) is 0.0221. The maximum Gasteiger partial charge on any atom is 0.192 e. The molecule has 3 heterocycles. The number of anilines is 2. The zero-order valence-corrected chi connectivity index (χ0v) is 16.8. The summed E-state index contributed by atoms with van der Waals surface area (Å²) in [5.41, 5.74) is 5.38. The van der Waals surface area contributed by atoms with E-state index in [0.717, 1.165) is 32.9 Å². The van der Waals surface area contributed by atoms with Gasteiger partial charge >= 0.3 is 0 Å². The molecular weight excluding hydrogens is 374 g/mol. The van der Waals surface area contributed by atoms with E-state index < -0.39 is 20.4 Å². The molecule has 0 radical (unpaired) electrons. The fraction of sp³-hybridized carbons (Fsp3) is 0.318. The first-order valence-electron chi connectivity index (χ1n) is 9.66. The molecule has 5 rings (SSSR count). The molecule has 0 N–H and O–H groups in total. The van der Waals surface area contributed by atoms with Gasteiger partial charge in [0.2, 0.25) is 0 Å². The van der Waals surface area contributed by atoms with Crippen molar-refractivity contribution in [2.75, 3.05) is 36.0 Å². The fourth-order valence-electron chi connectivity index (χ4n) is 4.49. The predicted octanol–water partition coefficient (Wildman–Crippen LogP) is 2.47. The Hall–Kier alpha value is -2.47. The lowest BCUT2D eigenvalue weighted by atomic mass is 10.00. The number of rotatable bonds is 3. The van der Waals surface area contributed by atoms with Crippen molar-refractivity contribution in [3.8, 4) is 0 Å². The summed E-state index contributed by atoms with van der Waals surface area (Å²) < 4.78 is 26.6. The molecule has 2 aromatic carbocycles. The second-order valence-electron chi connectivity index (χ2n) is 8.20. The van der Waals surface area contributed by atoms with Crippen LogP contribution in [0.15, 0.2) is 48.7 Å². The Morgan fingerprint density at radius 3 is 1.71 bits per heavy atom. The van der Waals surface area contributed by atoms with Crippen molar-refractivity contribution in [3.63, 3.8) is 0 Å². The summed E-state index contributed by atoms with van der Waals surface area (Å²) >= 11 is 0. The molecule has 0 atom stereocenters. The Balaban J connectivity index is 1.62. The van der Waals surface area contributed by atoms with Crippen LogP contribution in [0.25, 0.3) is 0 Å². The van der Waals surface area contributed by atoms with E-state index in [-0.39, 0.29) is 5.78 Å². The lowest BCUT2D eigenvalue weighted by Crippen LogP contribution is -2.61. The smallest absolute Gasteiger partial charge is 0.192 e. The number of alkyl halides is 2. The van der Waals surface area contributed by atoms with Crippen molar-refractivity contribution in [2.45, 2.75) is 18.9 Å². The first kappa shape index (κ1) is 17.6. The third kappa shape index (κ3) is 2.40. The van der Waals surface area contributed by atoms with Crippen LogP contribution >= 0.6 is 0 Å². The Kier molecular flexibility index (Phi) is 3.78. The van der Waals surface area contributed by atoms with Gasteiger partial charge in [-0.2, -0.15) is 0 Å². The van der Waals surface area contributed by atoms with Gasteiger partial charge in [0.25, 0.3) is 0 Å². The molecule has 0 bridgehead atoms. The van der Waals surface area contributed by atoms with Crippen molar-refractivity contribution in [1.82, 2.24) is 0 Å². The molecule has 0 aromatic heterocycles. The number of ketones is 1. The number of benzene rings is 2. The average Bonchev–Trinajstić information content (AvgIpc) is 2.66. The van der Waals surface area contributed by atoms with E-state index in [0.29, 0.717) is 26.2 Å². The molecule has 2 fully saturated rings. The zero-order chi connectivity index (χ0) is 19.6. The first-order chi connectivity index (χ1) is 13.4. The summed E-state index contributed by atoms with van der Waals surface area (Å²) in [5, 5.41) is 2.06. The van der Waals surface area contributed by atoms with Gasteiger partial charge in [0.15, 0.2) is 5.78 Å². The van der Waals surface area contributed by atoms with Crippen LogP contribution in [0.1, 0.15) is 15.9 Å². The van der Waals surface area contributed by atoms with Gasteiger partial charge in [-0.05, 0) is 46.8 Å². The number of fused-ring (bicyclic) bond motifs is 2. The molecule has 2 saturated heterocycles. The summed E-state index contributed by atoms with van der Waals surface area (Å²) in [7, 11) is -2.36. The molecule has 0 amide bonds. The maximum absolute atomic E-state index is 13.3. The zero-order valence-electron chi connectivity index (χ0n) is 15.8. The highest BCUT2D eigenvalue weighted by atomic mass is 28.3. The van der Waals surface area contributed by atoms with Crippen molar-refractivity contribution < 1.29 is 13.6 Å². The molecule has 6 heteroatoms. The Bertz CT molecular complexity index is 925. The van der Waals surface area contributed by atoms with Crippen molar-refractivity contribution >= 4 is 35.6 Å². The summed E-state index contributed by atoms with van der Waals surface area (Å²) in [6.07, 6.45) is -1.56. The third-order valence-corrected chi connectivity index (χ3v) is 10.3. The van der Waals surface area contributed by atoms with Crippen LogP contribution in [-0.2, 0) is 0 Å². The highest BCUT2D eigenvalue weighted by Crippen LogP contribution is 2.30. The molecule has 3 nitrogen and oxygen atoms in total. The summed E-state index contributed by atoms with van der Waals surface area (Å²) in [6.45, 7) is 7.93. The van der Waals surface area contributed by atoms with Crippen LogP contribution in [0, 0.1) is 0 Å². The molecule has 28 heavy (non-hydrogen) atoms. The normalized spacial score (nSPS) is 20.9. The van der Waals surface area contributed by atoms with Crippen LogP contribution in [0.4, 0.5) is 20.2 Å². The molecule has 3 aliphatic heterocycles. The van der Waals surface area contributed by atoms with Crippen LogP contribution < -0.4 is 20.2 Å². The van der Waals surface area contributed by atoms with Gasteiger partial charge in [-0.15, -0.1) is 6.58 Å². The molecule has 0 saturated carbocycles. The maximum atomic E-state index is 13.3. The predicted molar refractivity (Wildman–Crippen MR) is 112 cm³/mol. The van der Waals surface area contributed by atoms with Gasteiger partial charge in [0.1, 0.15) is 20.4 Å². The SMILES string of the molecule is C=C[Si]1(C)c2cc(N3CC(F)C3)ccc2C(=O)c2ccc(N3CC(F)C3)cc21. The number of hydrogen-bond donors (Lipinski definition) is 0. The van der Waals surface area contributed by atoms with E-state index >= 15 is 0 Å². The van der Waals surface area contributed by atoms with Crippen molar-refractivity contribution in [1.29, 1.82) is 0 Å². The van der Waals surface area contributed by atoms with E-state index in [4.69, 9.17) is 0 Å². The van der Waals surface area contributed by atoms with E-state index in [2.05, 4.69) is 25.3 Å². The van der Waals surface area contributed by atoms with Gasteiger partial charge in [0.05, 0.1) is 26.2 Å². The molecule has 144 valence electrons. The van der Waals surface area contributed by atoms with Crippen LogP contribution in [0.2, 0.25) is 6.55 Å². The molecule has 0 unspecified atom stereocenters. The van der Waals surface area contributed by atoms with Gasteiger partial charge < -0.3 is 9.80 Å². The van der Waals surface area contributed by atoms with Crippen molar-refractivity contribution in [3.05, 3.63) is 59.8 Å². The fourth-order valence-corrected chi connectivity index (χ4v) is 7.63. The number of nitrogens with zero attached hydrogens (tertiary/aromatic N) is 2. The average molecular weight is 397 g/mol. The van der Waals surface area contributed by atoms with E-state index in [1.807, 2.05) is 39.8 Å². The Morgan fingerprint density at radius 1 is 0.929 bits per heavy atom. The number of carbonyl (C=O) groups excluding carboxylic acids is 1. The summed E-state index contributed by atoms with van der Waals surface area (Å²) in [4.78, 5) is 17.2. The molecule has 0 spiro atoms. The Morgan fingerprint density at radius 2 is 1.36 bits per heavy atom. The molecule has 0 aliphatic carbocycles. The monoisotopic (exact) mass is 396 g/mol. The van der Waals surface area contributed by atoms with Crippen LogP contribution in [0.5, 0.6) is 0 Å². The van der Waals surface area contributed by atoms with E-state index in [9.17, 15) is 13.6 Å². The van der Waals surface area contributed by atoms with Gasteiger partial charge in [-0.1, -0.05) is 12.2 Å². The van der Waals surface area contributed by atoms with Crippen LogP contribution in [-0.4, -0.2) is 52.4 Å². The van der Waals surface area contributed by atoms with Crippen molar-refractivity contribution in [2.24, 2.45) is 0 Å². The van der Waals surface area contributed by atoms with E-state index in [1.54, 1.807) is 0 Å². The minimum Gasteiger partial charge on any atom is -0.366 e. The highest BCUT2D eigenvalue weighted by Gasteiger charge is 2.41. The Labute approximate surface area is 164 Å². The minimum atomic E-state index is -2.36. The van der Waals surface area contributed by atoms with Crippen LogP contribution in [0.3, 0.4) is 0 Å². The second-order valence-corrected chi connectivity index (χ2v) is 12.1. The second kappa shape index (κ2) is 6.01. The number of halogens is 2. The quantitative estimate of drug-likeness (QED) is 0.745. The molecule has 2 aromatic rings. The highest BCUT2D eigenvalue weighted by molar-refractivity contribution is 7.07. The lowest BCUT2D eigenvalue weighted by Gasteiger charge is -2.40. The van der Waals surface area contributed by atoms with Gasteiger partial charge in [-0.3, -0.25) is 4.79 Å². The van der Waals surface area contributed by atoms with E-state index in [1.165, 1.54) is 0 Å². The van der Waals surface area contributed by atoms with Gasteiger partial charge in [-0.25, -0.2) is 8.78 Å². The lowest BCUT2D eigenvalue weighted by molar-refractivity contribution is 0.104. The topological polar surface area (TPSA) is 23.6 Å². The molecular formula is C22H22F2N2OSi.